The number of nitrogen functional groups attached to an aromatic ring is 1. The van der Waals surface area contributed by atoms with E-state index in [1.54, 1.807) is 19.9 Å². The first kappa shape index (κ1) is 10.3. The van der Waals surface area contributed by atoms with Gasteiger partial charge in [-0.05, 0) is 53.6 Å². The zero-order chi connectivity index (χ0) is 10.2. The Balaban J connectivity index is 3.53. The van der Waals surface area contributed by atoms with Gasteiger partial charge in [0.05, 0.1) is 5.56 Å². The molecule has 0 saturated carbocycles. The predicted molar refractivity (Wildman–Crippen MR) is 60.0 cm³/mol. The molecule has 3 nitrogen and oxygen atoms in total. The van der Waals surface area contributed by atoms with Crippen LogP contribution < -0.4 is 5.73 Å². The largest absolute Gasteiger partial charge is 0.478 e. The van der Waals surface area contributed by atoms with Crippen LogP contribution in [0.5, 0.6) is 0 Å². The summed E-state index contributed by atoms with van der Waals surface area (Å²) >= 11 is 2.10. The highest BCUT2D eigenvalue weighted by Crippen LogP contribution is 2.25. The van der Waals surface area contributed by atoms with Gasteiger partial charge in [-0.25, -0.2) is 4.79 Å². The van der Waals surface area contributed by atoms with Gasteiger partial charge in [-0.1, -0.05) is 0 Å². The smallest absolute Gasteiger partial charge is 0.336 e. The summed E-state index contributed by atoms with van der Waals surface area (Å²) in [5.74, 6) is -0.918. The highest BCUT2D eigenvalue weighted by atomic mass is 127. The number of carboxylic acid groups (broad SMARTS) is 1. The van der Waals surface area contributed by atoms with E-state index >= 15 is 0 Å². The fraction of sp³-hybridized carbons (Fsp3) is 0.222. The van der Waals surface area contributed by atoms with E-state index in [9.17, 15) is 4.79 Å². The Hall–Kier alpha value is -0.780. The molecule has 0 bridgehead atoms. The third-order valence-electron chi connectivity index (χ3n) is 1.99. The predicted octanol–water partition coefficient (Wildman–Crippen LogP) is 2.19. The van der Waals surface area contributed by atoms with Crippen molar-refractivity contribution >= 4 is 34.2 Å². The van der Waals surface area contributed by atoms with Crippen molar-refractivity contribution in [2.45, 2.75) is 13.8 Å². The Morgan fingerprint density at radius 1 is 1.54 bits per heavy atom. The number of halogens is 1. The Kier molecular flexibility index (Phi) is 2.80. The van der Waals surface area contributed by atoms with Crippen molar-refractivity contribution < 1.29 is 9.90 Å². The molecule has 0 atom stereocenters. The van der Waals surface area contributed by atoms with Crippen molar-refractivity contribution in [1.29, 1.82) is 0 Å². The first-order valence-corrected chi connectivity index (χ1v) is 4.81. The van der Waals surface area contributed by atoms with Crippen LogP contribution in [0, 0.1) is 17.4 Å². The van der Waals surface area contributed by atoms with Gasteiger partial charge in [0.25, 0.3) is 0 Å². The molecule has 4 heteroatoms. The Morgan fingerprint density at radius 3 is 2.54 bits per heavy atom. The SMILES string of the molecule is Cc1cc(I)c(N)c(C)c1C(=O)O. The number of hydrogen-bond donors (Lipinski definition) is 2. The normalized spacial score (nSPS) is 10.1. The summed E-state index contributed by atoms with van der Waals surface area (Å²) < 4.78 is 0.901. The molecule has 1 rings (SSSR count). The lowest BCUT2D eigenvalue weighted by molar-refractivity contribution is 0.0695. The van der Waals surface area contributed by atoms with Crippen LogP contribution in [0.1, 0.15) is 21.5 Å². The number of hydrogen-bond acceptors (Lipinski definition) is 2. The van der Waals surface area contributed by atoms with Gasteiger partial charge in [-0.2, -0.15) is 0 Å². The highest BCUT2D eigenvalue weighted by Gasteiger charge is 2.14. The second-order valence-electron chi connectivity index (χ2n) is 2.89. The van der Waals surface area contributed by atoms with Crippen LogP contribution in [-0.2, 0) is 0 Å². The van der Waals surface area contributed by atoms with Gasteiger partial charge in [0.1, 0.15) is 0 Å². The third-order valence-corrected chi connectivity index (χ3v) is 2.88. The summed E-state index contributed by atoms with van der Waals surface area (Å²) in [6, 6.07) is 1.78. The van der Waals surface area contributed by atoms with Gasteiger partial charge in [-0.15, -0.1) is 0 Å². The number of anilines is 1. The average Bonchev–Trinajstić information content (AvgIpc) is 1.99. The van der Waals surface area contributed by atoms with Gasteiger partial charge in [0.2, 0.25) is 0 Å². The summed E-state index contributed by atoms with van der Waals surface area (Å²) in [4.78, 5) is 10.8. The fourth-order valence-corrected chi connectivity index (χ4v) is 2.15. The Morgan fingerprint density at radius 2 is 2.08 bits per heavy atom. The van der Waals surface area contributed by atoms with Crippen LogP contribution in [0.3, 0.4) is 0 Å². The summed E-state index contributed by atoms with van der Waals surface area (Å²) in [5, 5.41) is 8.90. The number of aromatic carboxylic acids is 1. The van der Waals surface area contributed by atoms with Gasteiger partial charge < -0.3 is 10.8 Å². The number of benzene rings is 1. The number of rotatable bonds is 1. The van der Waals surface area contributed by atoms with E-state index in [0.29, 0.717) is 16.8 Å². The molecule has 3 N–H and O–H groups in total. The van der Waals surface area contributed by atoms with Crippen LogP contribution in [-0.4, -0.2) is 11.1 Å². The number of carbonyl (C=O) groups is 1. The number of nitrogens with two attached hydrogens (primary N) is 1. The lowest BCUT2D eigenvalue weighted by Gasteiger charge is -2.09. The van der Waals surface area contributed by atoms with Gasteiger partial charge in [-0.3, -0.25) is 0 Å². The monoisotopic (exact) mass is 291 g/mol. The first-order valence-electron chi connectivity index (χ1n) is 3.73. The van der Waals surface area contributed by atoms with Crippen molar-refractivity contribution in [2.24, 2.45) is 0 Å². The molecule has 0 heterocycles. The van der Waals surface area contributed by atoms with E-state index in [2.05, 4.69) is 22.6 Å². The second-order valence-corrected chi connectivity index (χ2v) is 4.06. The molecule has 0 unspecified atom stereocenters. The van der Waals surface area contributed by atoms with Crippen LogP contribution in [0.25, 0.3) is 0 Å². The molecule has 1 aromatic carbocycles. The van der Waals surface area contributed by atoms with Gasteiger partial charge in [0.15, 0.2) is 0 Å². The first-order chi connectivity index (χ1) is 5.95. The molecule has 0 aliphatic heterocycles. The van der Waals surface area contributed by atoms with Gasteiger partial charge in [0, 0.05) is 9.26 Å². The van der Waals surface area contributed by atoms with Crippen LogP contribution >= 0.6 is 22.6 Å². The molecule has 0 aromatic heterocycles. The molecular formula is C9H10INO2. The van der Waals surface area contributed by atoms with E-state index in [4.69, 9.17) is 10.8 Å². The highest BCUT2D eigenvalue weighted by molar-refractivity contribution is 14.1. The molecule has 0 radical (unpaired) electrons. The van der Waals surface area contributed by atoms with Crippen LogP contribution in [0.2, 0.25) is 0 Å². The third kappa shape index (κ3) is 1.77. The maximum atomic E-state index is 10.8. The molecule has 1 aromatic rings. The quantitative estimate of drug-likeness (QED) is 0.616. The van der Waals surface area contributed by atoms with E-state index in [1.165, 1.54) is 0 Å². The van der Waals surface area contributed by atoms with Crippen LogP contribution in [0.15, 0.2) is 6.07 Å². The minimum Gasteiger partial charge on any atom is -0.478 e. The molecule has 13 heavy (non-hydrogen) atoms. The lowest BCUT2D eigenvalue weighted by atomic mass is 10.0. The Bertz CT molecular complexity index is 374. The molecule has 0 aliphatic rings. The molecule has 0 spiro atoms. The number of carboxylic acids is 1. The van der Waals surface area contributed by atoms with Crippen molar-refractivity contribution in [2.75, 3.05) is 5.73 Å². The number of aryl methyl sites for hydroxylation is 1. The van der Waals surface area contributed by atoms with Gasteiger partial charge >= 0.3 is 5.97 Å². The van der Waals surface area contributed by atoms with E-state index in [1.807, 2.05) is 0 Å². The van der Waals surface area contributed by atoms with E-state index < -0.39 is 5.97 Å². The van der Waals surface area contributed by atoms with Crippen molar-refractivity contribution in [1.82, 2.24) is 0 Å². The molecule has 70 valence electrons. The molecule has 0 amide bonds. The van der Waals surface area contributed by atoms with Crippen molar-refractivity contribution in [3.63, 3.8) is 0 Å². The molecule has 0 aliphatic carbocycles. The van der Waals surface area contributed by atoms with Crippen molar-refractivity contribution in [3.8, 4) is 0 Å². The minimum absolute atomic E-state index is 0.318. The zero-order valence-electron chi connectivity index (χ0n) is 7.39. The van der Waals surface area contributed by atoms with E-state index in [-0.39, 0.29) is 0 Å². The summed E-state index contributed by atoms with van der Waals surface area (Å²) in [6.07, 6.45) is 0. The van der Waals surface area contributed by atoms with E-state index in [0.717, 1.165) is 9.13 Å². The topological polar surface area (TPSA) is 63.3 Å². The maximum absolute atomic E-state index is 10.8. The molecule has 0 saturated heterocycles. The summed E-state index contributed by atoms with van der Waals surface area (Å²) in [7, 11) is 0. The van der Waals surface area contributed by atoms with Crippen LogP contribution in [0.4, 0.5) is 5.69 Å². The lowest BCUT2D eigenvalue weighted by Crippen LogP contribution is -2.07. The summed E-state index contributed by atoms with van der Waals surface area (Å²) in [6.45, 7) is 3.51. The molecular weight excluding hydrogens is 281 g/mol. The zero-order valence-corrected chi connectivity index (χ0v) is 9.55. The minimum atomic E-state index is -0.918. The Labute approximate surface area is 90.1 Å². The molecule has 0 fully saturated rings. The standard InChI is InChI=1S/C9H10INO2/c1-4-3-6(10)8(11)5(2)7(4)9(12)13/h3H,11H2,1-2H3,(H,12,13). The maximum Gasteiger partial charge on any atom is 0.336 e. The second kappa shape index (κ2) is 3.53. The summed E-state index contributed by atoms with van der Waals surface area (Å²) in [5.41, 5.74) is 8.00. The fourth-order valence-electron chi connectivity index (χ4n) is 1.28. The average molecular weight is 291 g/mol. The van der Waals surface area contributed by atoms with Crippen molar-refractivity contribution in [3.05, 3.63) is 26.3 Å².